The first-order valence-electron chi connectivity index (χ1n) is 6.33. The van der Waals surface area contributed by atoms with Crippen LogP contribution in [0.4, 0.5) is 5.69 Å². The monoisotopic (exact) mass is 368 g/mol. The molecular weight excluding hydrogens is 352 g/mol. The molecule has 0 amide bonds. The Morgan fingerprint density at radius 2 is 2.20 bits per heavy atom. The zero-order chi connectivity index (χ0) is 14.7. The molecule has 2 rings (SSSR count). The zero-order valence-corrected chi connectivity index (χ0v) is 14.7. The van der Waals surface area contributed by atoms with Crippen molar-refractivity contribution in [1.29, 1.82) is 0 Å². The first-order chi connectivity index (χ1) is 9.49. The molecule has 1 heterocycles. The first-order valence-corrected chi connectivity index (χ1v) is 8.41. The van der Waals surface area contributed by atoms with Crippen molar-refractivity contribution in [2.75, 3.05) is 11.9 Å². The summed E-state index contributed by atoms with van der Waals surface area (Å²) in [6.07, 6.45) is 1.04. The van der Waals surface area contributed by atoms with E-state index in [1.807, 2.05) is 12.1 Å². The topological polar surface area (TPSA) is 29.3 Å². The van der Waals surface area contributed by atoms with Crippen LogP contribution in [0.5, 0.6) is 0 Å². The average Bonchev–Trinajstić information content (AvgIpc) is 2.90. The van der Waals surface area contributed by atoms with Gasteiger partial charge in [0, 0.05) is 34.4 Å². The van der Waals surface area contributed by atoms with Crippen LogP contribution in [0.1, 0.15) is 17.4 Å². The summed E-state index contributed by atoms with van der Waals surface area (Å²) in [6, 6.07) is 10.7. The van der Waals surface area contributed by atoms with Gasteiger partial charge in [-0.05, 0) is 52.5 Å². The Morgan fingerprint density at radius 1 is 1.45 bits per heavy atom. The molecule has 0 aliphatic heterocycles. The lowest BCUT2D eigenvalue weighted by Crippen LogP contribution is -2.30. The van der Waals surface area contributed by atoms with Gasteiger partial charge in [0.25, 0.3) is 0 Å². The minimum atomic E-state index is 0.417. The Balaban J connectivity index is 2.16. The van der Waals surface area contributed by atoms with Crippen molar-refractivity contribution in [3.8, 4) is 0 Å². The number of benzene rings is 1. The van der Waals surface area contributed by atoms with Gasteiger partial charge < -0.3 is 10.6 Å². The molecule has 0 saturated carbocycles. The lowest BCUT2D eigenvalue weighted by Gasteiger charge is -2.28. The minimum Gasteiger partial charge on any atom is -0.389 e. The Labute approximate surface area is 137 Å². The lowest BCUT2D eigenvalue weighted by molar-refractivity contribution is 0.687. The second kappa shape index (κ2) is 6.70. The van der Waals surface area contributed by atoms with Crippen molar-refractivity contribution in [3.05, 3.63) is 50.6 Å². The highest BCUT2D eigenvalue weighted by Crippen LogP contribution is 2.29. The van der Waals surface area contributed by atoms with E-state index < -0.39 is 0 Å². The molecule has 1 unspecified atom stereocenters. The van der Waals surface area contributed by atoms with Crippen molar-refractivity contribution in [2.24, 2.45) is 5.73 Å². The lowest BCUT2D eigenvalue weighted by atomic mass is 10.1. The summed E-state index contributed by atoms with van der Waals surface area (Å²) in [6.45, 7) is 2.23. The number of thiophene rings is 1. The highest BCUT2D eigenvalue weighted by Gasteiger charge is 2.14. The van der Waals surface area contributed by atoms with E-state index in [0.29, 0.717) is 11.0 Å². The van der Waals surface area contributed by atoms with Gasteiger partial charge in [0.1, 0.15) is 4.99 Å². The molecule has 1 aromatic heterocycles. The molecule has 2 nitrogen and oxygen atoms in total. The quantitative estimate of drug-likeness (QED) is 0.801. The van der Waals surface area contributed by atoms with Gasteiger partial charge in [-0.25, -0.2) is 0 Å². The molecule has 20 heavy (non-hydrogen) atoms. The molecule has 106 valence electrons. The predicted molar refractivity (Wildman–Crippen MR) is 95.9 cm³/mol. The highest BCUT2D eigenvalue weighted by molar-refractivity contribution is 9.10. The van der Waals surface area contributed by atoms with E-state index in [2.05, 4.69) is 58.4 Å². The first kappa shape index (κ1) is 15.5. The van der Waals surface area contributed by atoms with Crippen LogP contribution in [0.3, 0.4) is 0 Å². The van der Waals surface area contributed by atoms with Crippen molar-refractivity contribution >= 4 is 50.2 Å². The Kier molecular flexibility index (Phi) is 5.18. The smallest absolute Gasteiger partial charge is 0.104 e. The molecule has 1 atom stereocenters. The van der Waals surface area contributed by atoms with Crippen molar-refractivity contribution in [1.82, 2.24) is 0 Å². The summed E-state index contributed by atoms with van der Waals surface area (Å²) in [5, 5.41) is 2.12. The maximum Gasteiger partial charge on any atom is 0.104 e. The number of hydrogen-bond donors (Lipinski definition) is 1. The second-order valence-corrected chi connectivity index (χ2v) is 7.10. The zero-order valence-electron chi connectivity index (χ0n) is 11.5. The third kappa shape index (κ3) is 3.59. The SMILES string of the molecule is CC(Cc1cccs1)N(C)c1ccc(C(N)=S)cc1Br. The summed E-state index contributed by atoms with van der Waals surface area (Å²) in [7, 11) is 2.11. The van der Waals surface area contributed by atoms with Crippen LogP contribution in [-0.4, -0.2) is 18.1 Å². The van der Waals surface area contributed by atoms with Crippen LogP contribution >= 0.6 is 39.5 Å². The summed E-state index contributed by atoms with van der Waals surface area (Å²) < 4.78 is 1.02. The van der Waals surface area contributed by atoms with Crippen LogP contribution in [0.15, 0.2) is 40.2 Å². The molecule has 0 aliphatic carbocycles. The molecule has 0 bridgehead atoms. The van der Waals surface area contributed by atoms with Gasteiger partial charge in [-0.15, -0.1) is 11.3 Å². The molecule has 2 aromatic rings. The van der Waals surface area contributed by atoms with Crippen LogP contribution in [0.2, 0.25) is 0 Å². The number of halogens is 1. The molecule has 2 N–H and O–H groups in total. The summed E-state index contributed by atoms with van der Waals surface area (Å²) >= 11 is 10.4. The van der Waals surface area contributed by atoms with E-state index in [1.54, 1.807) is 11.3 Å². The van der Waals surface area contributed by atoms with Crippen molar-refractivity contribution in [2.45, 2.75) is 19.4 Å². The number of nitrogens with zero attached hydrogens (tertiary/aromatic N) is 1. The normalized spacial score (nSPS) is 12.2. The second-order valence-electron chi connectivity index (χ2n) is 4.77. The standard InChI is InChI=1S/C15H17BrN2S2/c1-10(8-12-4-3-7-20-12)18(2)14-6-5-11(15(17)19)9-13(14)16/h3-7,9-10H,8H2,1-2H3,(H2,17,19). The van der Waals surface area contributed by atoms with E-state index in [9.17, 15) is 0 Å². The van der Waals surface area contributed by atoms with Gasteiger partial charge in [-0.3, -0.25) is 0 Å². The Hall–Kier alpha value is -0.910. The molecule has 0 radical (unpaired) electrons. The molecule has 0 aliphatic rings. The fourth-order valence-corrected chi connectivity index (χ4v) is 3.65. The van der Waals surface area contributed by atoms with Crippen molar-refractivity contribution < 1.29 is 0 Å². The van der Waals surface area contributed by atoms with Gasteiger partial charge in [0.05, 0.1) is 5.69 Å². The number of rotatable bonds is 5. The third-order valence-electron chi connectivity index (χ3n) is 3.35. The number of likely N-dealkylation sites (N-methyl/N-ethyl adjacent to an activating group) is 1. The molecule has 0 fully saturated rings. The molecular formula is C15H17BrN2S2. The maximum atomic E-state index is 5.66. The number of thiocarbonyl (C=S) groups is 1. The van der Waals surface area contributed by atoms with E-state index in [4.69, 9.17) is 18.0 Å². The predicted octanol–water partition coefficient (Wildman–Crippen LogP) is 4.21. The van der Waals surface area contributed by atoms with Crippen LogP contribution < -0.4 is 10.6 Å². The molecule has 1 aromatic carbocycles. The number of anilines is 1. The maximum absolute atomic E-state index is 5.66. The molecule has 5 heteroatoms. The fourth-order valence-electron chi connectivity index (χ4n) is 2.04. The average molecular weight is 369 g/mol. The van der Waals surface area contributed by atoms with E-state index in [0.717, 1.165) is 22.1 Å². The molecule has 0 spiro atoms. The van der Waals surface area contributed by atoms with Gasteiger partial charge >= 0.3 is 0 Å². The molecule has 0 saturated heterocycles. The van der Waals surface area contributed by atoms with Gasteiger partial charge in [0.15, 0.2) is 0 Å². The minimum absolute atomic E-state index is 0.417. The Bertz CT molecular complexity index is 596. The number of hydrogen-bond acceptors (Lipinski definition) is 3. The summed E-state index contributed by atoms with van der Waals surface area (Å²) in [5.41, 5.74) is 7.69. The third-order valence-corrected chi connectivity index (χ3v) is 5.12. The largest absolute Gasteiger partial charge is 0.389 e. The van der Waals surface area contributed by atoms with Gasteiger partial charge in [0.2, 0.25) is 0 Å². The van der Waals surface area contributed by atoms with Crippen LogP contribution in [-0.2, 0) is 6.42 Å². The van der Waals surface area contributed by atoms with E-state index in [-0.39, 0.29) is 0 Å². The van der Waals surface area contributed by atoms with Crippen LogP contribution in [0.25, 0.3) is 0 Å². The van der Waals surface area contributed by atoms with Crippen molar-refractivity contribution in [3.63, 3.8) is 0 Å². The Morgan fingerprint density at radius 3 is 2.75 bits per heavy atom. The fraction of sp³-hybridized carbons (Fsp3) is 0.267. The van der Waals surface area contributed by atoms with Gasteiger partial charge in [-0.2, -0.15) is 0 Å². The highest BCUT2D eigenvalue weighted by atomic mass is 79.9. The van der Waals surface area contributed by atoms with E-state index >= 15 is 0 Å². The van der Waals surface area contributed by atoms with E-state index in [1.165, 1.54) is 4.88 Å². The van der Waals surface area contributed by atoms with Gasteiger partial charge in [-0.1, -0.05) is 18.3 Å². The number of nitrogens with two attached hydrogens (primary N) is 1. The van der Waals surface area contributed by atoms with Crippen LogP contribution in [0, 0.1) is 0 Å². The summed E-state index contributed by atoms with van der Waals surface area (Å²) in [5.74, 6) is 0. The summed E-state index contributed by atoms with van der Waals surface area (Å²) in [4.78, 5) is 4.10.